The third-order valence-electron chi connectivity index (χ3n) is 3.89. The zero-order valence-electron chi connectivity index (χ0n) is 12.5. The maximum absolute atomic E-state index is 12.7. The van der Waals surface area contributed by atoms with Crippen LogP contribution in [0.4, 0.5) is 0 Å². The van der Waals surface area contributed by atoms with Gasteiger partial charge in [-0.2, -0.15) is 5.10 Å². The molecule has 0 aliphatic carbocycles. The topological polar surface area (TPSA) is 51.0 Å². The number of thiazole rings is 1. The second-order valence-corrected chi connectivity index (χ2v) is 6.70. The van der Waals surface area contributed by atoms with Gasteiger partial charge in [0.1, 0.15) is 5.69 Å². The maximum Gasteiger partial charge on any atom is 0.273 e. The number of nitrogens with zero attached hydrogens (tertiary/aromatic N) is 4. The van der Waals surface area contributed by atoms with Crippen molar-refractivity contribution in [3.05, 3.63) is 34.0 Å². The summed E-state index contributed by atoms with van der Waals surface area (Å²) in [7, 11) is 0. The van der Waals surface area contributed by atoms with E-state index < -0.39 is 0 Å². The Morgan fingerprint density at radius 1 is 1.43 bits per heavy atom. The molecule has 0 aromatic carbocycles. The summed E-state index contributed by atoms with van der Waals surface area (Å²) in [4.78, 5) is 19.0. The van der Waals surface area contributed by atoms with Crippen molar-refractivity contribution in [3.8, 4) is 0 Å². The lowest BCUT2D eigenvalue weighted by Gasteiger charge is -2.35. The molecule has 2 aromatic heterocycles. The van der Waals surface area contributed by atoms with E-state index in [1.807, 2.05) is 41.2 Å². The van der Waals surface area contributed by atoms with E-state index in [1.54, 1.807) is 0 Å². The molecule has 3 heterocycles. The Kier molecular flexibility index (Phi) is 4.05. The summed E-state index contributed by atoms with van der Waals surface area (Å²) in [6.07, 6.45) is 7.17. The van der Waals surface area contributed by atoms with Gasteiger partial charge in [-0.05, 0) is 38.7 Å². The number of aromatic nitrogens is 3. The Balaban J connectivity index is 1.76. The van der Waals surface area contributed by atoms with Gasteiger partial charge in [0.05, 0.1) is 23.8 Å². The van der Waals surface area contributed by atoms with Gasteiger partial charge < -0.3 is 4.90 Å². The molecule has 2 aromatic rings. The number of hydrogen-bond acceptors (Lipinski definition) is 4. The first kappa shape index (κ1) is 14.3. The van der Waals surface area contributed by atoms with Crippen molar-refractivity contribution in [2.75, 3.05) is 6.54 Å². The number of piperidine rings is 1. The lowest BCUT2D eigenvalue weighted by Crippen LogP contribution is -2.46. The van der Waals surface area contributed by atoms with Crippen LogP contribution in [0, 0.1) is 13.8 Å². The average Bonchev–Trinajstić information content (AvgIpc) is 3.08. The van der Waals surface area contributed by atoms with Crippen molar-refractivity contribution in [2.45, 2.75) is 45.7 Å². The molecule has 0 bridgehead atoms. The predicted octanol–water partition coefficient (Wildman–Crippen LogP) is 2.65. The Labute approximate surface area is 128 Å². The molecule has 6 heteroatoms. The van der Waals surface area contributed by atoms with E-state index in [2.05, 4.69) is 10.1 Å². The van der Waals surface area contributed by atoms with Crippen LogP contribution in [-0.2, 0) is 6.54 Å². The summed E-state index contributed by atoms with van der Waals surface area (Å²) < 4.78 is 1.94. The van der Waals surface area contributed by atoms with Crippen molar-refractivity contribution < 1.29 is 4.79 Å². The SMILES string of the molecule is Cc1cnn(C[C@H]2CCCCN2C(=O)c2csc(C)n2)c1. The van der Waals surface area contributed by atoms with Gasteiger partial charge in [0, 0.05) is 18.1 Å². The van der Waals surface area contributed by atoms with Crippen LogP contribution in [0.5, 0.6) is 0 Å². The zero-order valence-corrected chi connectivity index (χ0v) is 13.3. The molecule has 1 saturated heterocycles. The first-order chi connectivity index (χ1) is 10.1. The minimum Gasteiger partial charge on any atom is -0.332 e. The Hall–Kier alpha value is -1.69. The fourth-order valence-corrected chi connectivity index (χ4v) is 3.44. The number of likely N-dealkylation sites (tertiary alicyclic amines) is 1. The smallest absolute Gasteiger partial charge is 0.273 e. The van der Waals surface area contributed by atoms with E-state index in [-0.39, 0.29) is 11.9 Å². The summed E-state index contributed by atoms with van der Waals surface area (Å²) in [6.45, 7) is 5.55. The minimum atomic E-state index is 0.0629. The third kappa shape index (κ3) is 3.15. The van der Waals surface area contributed by atoms with Gasteiger partial charge in [-0.1, -0.05) is 0 Å². The minimum absolute atomic E-state index is 0.0629. The molecule has 1 fully saturated rings. The molecule has 0 N–H and O–H groups in total. The van der Waals surface area contributed by atoms with E-state index in [1.165, 1.54) is 17.8 Å². The maximum atomic E-state index is 12.7. The summed E-state index contributed by atoms with van der Waals surface area (Å²) >= 11 is 1.53. The van der Waals surface area contributed by atoms with Crippen LogP contribution >= 0.6 is 11.3 Å². The first-order valence-corrected chi connectivity index (χ1v) is 8.23. The van der Waals surface area contributed by atoms with Crippen molar-refractivity contribution >= 4 is 17.2 Å². The third-order valence-corrected chi connectivity index (χ3v) is 4.66. The lowest BCUT2D eigenvalue weighted by atomic mass is 10.0. The van der Waals surface area contributed by atoms with Crippen LogP contribution in [-0.4, -0.2) is 38.2 Å². The molecule has 0 unspecified atom stereocenters. The van der Waals surface area contributed by atoms with Crippen LogP contribution in [0.1, 0.15) is 40.3 Å². The van der Waals surface area contributed by atoms with Crippen molar-refractivity contribution in [1.82, 2.24) is 19.7 Å². The number of amides is 1. The monoisotopic (exact) mass is 304 g/mol. The van der Waals surface area contributed by atoms with E-state index in [9.17, 15) is 4.79 Å². The predicted molar refractivity (Wildman–Crippen MR) is 82.5 cm³/mol. The highest BCUT2D eigenvalue weighted by atomic mass is 32.1. The van der Waals surface area contributed by atoms with Crippen molar-refractivity contribution in [1.29, 1.82) is 0 Å². The molecular formula is C15H20N4OS. The quantitative estimate of drug-likeness (QED) is 0.876. The fraction of sp³-hybridized carbons (Fsp3) is 0.533. The molecule has 3 rings (SSSR count). The normalized spacial score (nSPS) is 19.0. The molecule has 0 spiro atoms. The molecule has 21 heavy (non-hydrogen) atoms. The molecule has 0 radical (unpaired) electrons. The molecule has 0 saturated carbocycles. The average molecular weight is 304 g/mol. The van der Waals surface area contributed by atoms with Gasteiger partial charge >= 0.3 is 0 Å². The number of carbonyl (C=O) groups excluding carboxylic acids is 1. The molecule has 1 aliphatic heterocycles. The van der Waals surface area contributed by atoms with E-state index >= 15 is 0 Å². The molecular weight excluding hydrogens is 284 g/mol. The van der Waals surface area contributed by atoms with Crippen LogP contribution in [0.3, 0.4) is 0 Å². The Morgan fingerprint density at radius 3 is 2.95 bits per heavy atom. The molecule has 1 amide bonds. The zero-order chi connectivity index (χ0) is 14.8. The molecule has 5 nitrogen and oxygen atoms in total. The lowest BCUT2D eigenvalue weighted by molar-refractivity contribution is 0.0578. The number of aryl methyl sites for hydroxylation is 2. The Bertz CT molecular complexity index is 633. The summed E-state index contributed by atoms with van der Waals surface area (Å²) in [5.74, 6) is 0.0629. The van der Waals surface area contributed by atoms with Crippen LogP contribution < -0.4 is 0 Å². The molecule has 1 aliphatic rings. The van der Waals surface area contributed by atoms with Gasteiger partial charge in [-0.3, -0.25) is 9.48 Å². The fourth-order valence-electron chi connectivity index (χ4n) is 2.85. The molecule has 1 atom stereocenters. The van der Waals surface area contributed by atoms with Gasteiger partial charge in [0.15, 0.2) is 0 Å². The van der Waals surface area contributed by atoms with Gasteiger partial charge in [0.25, 0.3) is 5.91 Å². The largest absolute Gasteiger partial charge is 0.332 e. The Morgan fingerprint density at radius 2 is 2.29 bits per heavy atom. The number of rotatable bonds is 3. The highest BCUT2D eigenvalue weighted by Gasteiger charge is 2.29. The summed E-state index contributed by atoms with van der Waals surface area (Å²) in [5.41, 5.74) is 1.74. The van der Waals surface area contributed by atoms with E-state index in [4.69, 9.17) is 0 Å². The number of hydrogen-bond donors (Lipinski definition) is 0. The highest BCUT2D eigenvalue weighted by molar-refractivity contribution is 7.09. The van der Waals surface area contributed by atoms with Crippen LogP contribution in [0.25, 0.3) is 0 Å². The summed E-state index contributed by atoms with van der Waals surface area (Å²) in [5, 5.41) is 7.15. The van der Waals surface area contributed by atoms with E-state index in [0.29, 0.717) is 5.69 Å². The van der Waals surface area contributed by atoms with Crippen LogP contribution in [0.15, 0.2) is 17.8 Å². The van der Waals surface area contributed by atoms with Crippen molar-refractivity contribution in [3.63, 3.8) is 0 Å². The summed E-state index contributed by atoms with van der Waals surface area (Å²) in [6, 6.07) is 0.215. The van der Waals surface area contributed by atoms with Crippen molar-refractivity contribution in [2.24, 2.45) is 0 Å². The molecule has 112 valence electrons. The standard InChI is InChI=1S/C15H20N4OS/c1-11-7-16-18(8-11)9-13-5-3-4-6-19(13)15(20)14-10-21-12(2)17-14/h7-8,10,13H,3-6,9H2,1-2H3/t13-/m1/s1. The van der Waals surface area contributed by atoms with Gasteiger partial charge in [0.2, 0.25) is 0 Å². The highest BCUT2D eigenvalue weighted by Crippen LogP contribution is 2.21. The van der Waals surface area contributed by atoms with Gasteiger partial charge in [-0.15, -0.1) is 11.3 Å². The number of carbonyl (C=O) groups is 1. The second kappa shape index (κ2) is 5.97. The van der Waals surface area contributed by atoms with E-state index in [0.717, 1.165) is 36.5 Å². The first-order valence-electron chi connectivity index (χ1n) is 7.35. The second-order valence-electron chi connectivity index (χ2n) is 5.64. The van der Waals surface area contributed by atoms with Crippen LogP contribution in [0.2, 0.25) is 0 Å². The van der Waals surface area contributed by atoms with Gasteiger partial charge in [-0.25, -0.2) is 4.98 Å².